The topological polar surface area (TPSA) is 0 Å². The van der Waals surface area contributed by atoms with E-state index in [1.54, 1.807) is 0 Å². The van der Waals surface area contributed by atoms with Gasteiger partial charge in [-0.05, 0) is 11.0 Å². The summed E-state index contributed by atoms with van der Waals surface area (Å²) in [4.78, 5) is 0. The molecule has 32 valence electrons. The van der Waals surface area contributed by atoms with Crippen molar-refractivity contribution in [3.05, 3.63) is 0 Å². The third-order valence-corrected chi connectivity index (χ3v) is 0. The minimum atomic E-state index is 0. The molecule has 0 aromatic carbocycles. The molecule has 0 saturated carbocycles. The van der Waals surface area contributed by atoms with E-state index in [9.17, 15) is 0 Å². The minimum Gasteiger partial charge on any atom is -0.0149 e. The van der Waals surface area contributed by atoms with Crippen LogP contribution >= 0.6 is 0 Å². The van der Waals surface area contributed by atoms with Crippen LogP contribution in [0.15, 0.2) is 0 Å². The van der Waals surface area contributed by atoms with Crippen LogP contribution in [0, 0.1) is 0 Å². The Labute approximate surface area is 94.2 Å². The molecule has 0 nitrogen and oxygen atoms in total. The zero-order valence-electron chi connectivity index (χ0n) is 1.06. The first-order valence-corrected chi connectivity index (χ1v) is 0. The molecule has 2 radical (unpaired) electrons. The summed E-state index contributed by atoms with van der Waals surface area (Å²) >= 11 is 0. The molecule has 0 N–H and O–H groups in total. The Kier molecular flexibility index (Phi) is 249. The molecule has 0 rings (SSSR count). The van der Waals surface area contributed by atoms with Gasteiger partial charge >= 0.3 is 50.4 Å². The molecule has 0 aromatic rings. The average Bonchev–Trinajstić information content (AvgIpc) is 0. The number of hydrogen-bond acceptors (Lipinski definition) is 0. The first-order valence-electron chi connectivity index (χ1n) is 0. The monoisotopic (exact) mass is 354 g/mol. The van der Waals surface area contributed by atoms with Gasteiger partial charge in [0.25, 0.3) is 0 Å². The fourth-order valence-electron chi connectivity index (χ4n) is 0. The summed E-state index contributed by atoms with van der Waals surface area (Å²) in [7, 11) is 0. The fourth-order valence-corrected chi connectivity index (χ4v) is 0. The first kappa shape index (κ1) is 44.0. The summed E-state index contributed by atoms with van der Waals surface area (Å²) in [5.41, 5.74) is 0. The van der Waals surface area contributed by atoms with Gasteiger partial charge in [-0.2, -0.15) is 0 Å². The molecule has 0 saturated heterocycles. The predicted octanol–water partition coefficient (Wildman–Crippen LogP) is -4.47. The molecule has 0 bridgehead atoms. The van der Waals surface area contributed by atoms with Gasteiger partial charge in [0.15, 0.2) is 17.4 Å². The Hall–Kier alpha value is 2.96. The Balaban J connectivity index is 0. The van der Waals surface area contributed by atoms with Crippen molar-refractivity contribution in [2.75, 3.05) is 0 Å². The molecule has 0 spiro atoms. The van der Waals surface area contributed by atoms with Crippen molar-refractivity contribution in [1.82, 2.24) is 0 Å². The summed E-state index contributed by atoms with van der Waals surface area (Å²) < 4.78 is 0. The van der Waals surface area contributed by atoms with Crippen LogP contribution in [0.4, 0.5) is 0 Å². The van der Waals surface area contributed by atoms with Crippen LogP contribution in [0.5, 0.6) is 0 Å². The van der Waals surface area contributed by atoms with Crippen molar-refractivity contribution >= 4 is 78.7 Å². The van der Waals surface area contributed by atoms with Crippen molar-refractivity contribution in [3.63, 3.8) is 0 Å². The minimum absolute atomic E-state index is 0. The van der Waals surface area contributed by atoms with Gasteiger partial charge in [-0.1, -0.05) is 0 Å². The molecule has 0 aliphatic heterocycles. The van der Waals surface area contributed by atoms with E-state index in [4.69, 9.17) is 0 Å². The van der Waals surface area contributed by atoms with Gasteiger partial charge in [0.1, 0.15) is 0 Å². The molecule has 0 atom stereocenters. The van der Waals surface area contributed by atoms with Gasteiger partial charge in [0, 0.05) is 17.1 Å². The van der Waals surface area contributed by atoms with Gasteiger partial charge in [-0.25, -0.2) is 0 Å². The quantitative estimate of drug-likeness (QED) is 0.386. The van der Waals surface area contributed by atoms with E-state index >= 15 is 0 Å². The van der Waals surface area contributed by atoms with Crippen LogP contribution in [0.25, 0.3) is 0 Å². The van der Waals surface area contributed by atoms with Gasteiger partial charge in [-0.3, -0.25) is 0 Å². The third-order valence-electron chi connectivity index (χ3n) is 0. The van der Waals surface area contributed by atoms with Crippen molar-refractivity contribution in [2.24, 2.45) is 0 Å². The molecule has 5 heteroatoms. The maximum atomic E-state index is 0. The van der Waals surface area contributed by atoms with E-state index < -0.39 is 0 Å². The van der Waals surface area contributed by atoms with E-state index in [1.165, 1.54) is 0 Å². The molecule has 0 fully saturated rings. The van der Waals surface area contributed by atoms with Crippen LogP contribution in [-0.2, 0) is 17.1 Å². The zero-order chi connectivity index (χ0) is 0. The second kappa shape index (κ2) is 28.2. The molecule has 0 heterocycles. The van der Waals surface area contributed by atoms with Crippen molar-refractivity contribution in [3.8, 4) is 0 Å². The molecular formula is H11AlFeMgPbSi. The smallest absolute Gasteiger partial charge is 0.0149 e. The Morgan fingerprint density at radius 2 is 1.00 bits per heavy atom. The fraction of sp³-hybridized carbons (Fsp3) is 0. The molecule has 5 heavy (non-hydrogen) atoms. The van der Waals surface area contributed by atoms with Crippen LogP contribution in [0.1, 0.15) is 0 Å². The standard InChI is InChI=1S/Al.Fe.Mg.Pb.H4Si.7H/h;;;;1H4;;;;;;;. The van der Waals surface area contributed by atoms with Gasteiger partial charge in [0.2, 0.25) is 0 Å². The number of rotatable bonds is 0. The SMILES string of the molecule is [AlH3].[Fe].[MgH2].[PbH2].[SiH4]. The normalized spacial score (nSPS) is 0. The molecule has 0 unspecified atom stereocenters. The summed E-state index contributed by atoms with van der Waals surface area (Å²) in [5, 5.41) is 0. The van der Waals surface area contributed by atoms with E-state index in [0.29, 0.717) is 0 Å². The van der Waals surface area contributed by atoms with Crippen molar-refractivity contribution < 1.29 is 17.1 Å². The van der Waals surface area contributed by atoms with E-state index in [1.807, 2.05) is 0 Å². The molecule has 0 aromatic heterocycles. The average molecular weight is 354 g/mol. The third kappa shape index (κ3) is 19.6. The van der Waals surface area contributed by atoms with Gasteiger partial charge < -0.3 is 0 Å². The van der Waals surface area contributed by atoms with Gasteiger partial charge in [-0.15, -0.1) is 0 Å². The largest absolute Gasteiger partial charge is 0.0149 e. The molecular weight excluding hydrogens is 342 g/mol. The van der Waals surface area contributed by atoms with Crippen LogP contribution in [0.3, 0.4) is 0 Å². The van der Waals surface area contributed by atoms with Crippen LogP contribution < -0.4 is 0 Å². The van der Waals surface area contributed by atoms with Gasteiger partial charge in [0.05, 0.1) is 0 Å². The second-order valence-corrected chi connectivity index (χ2v) is 0. The van der Waals surface area contributed by atoms with E-state index in [-0.39, 0.29) is 95.7 Å². The van der Waals surface area contributed by atoms with E-state index in [2.05, 4.69) is 0 Å². The van der Waals surface area contributed by atoms with Crippen LogP contribution in [-0.4, -0.2) is 78.7 Å². The first-order chi connectivity index (χ1) is 0. The molecule has 0 amide bonds. The molecule has 0 aliphatic rings. The maximum Gasteiger partial charge on any atom is -0.0149 e. The van der Waals surface area contributed by atoms with Crippen molar-refractivity contribution in [2.45, 2.75) is 0 Å². The molecule has 0 aliphatic carbocycles. The summed E-state index contributed by atoms with van der Waals surface area (Å²) in [5.74, 6) is 0. The predicted molar refractivity (Wildman–Crippen MR) is 38.4 cm³/mol. The Morgan fingerprint density at radius 1 is 1.00 bits per heavy atom. The second-order valence-electron chi connectivity index (χ2n) is 0. The van der Waals surface area contributed by atoms with Crippen LogP contribution in [0.2, 0.25) is 0 Å². The Morgan fingerprint density at radius 3 is 1.00 bits per heavy atom. The maximum absolute atomic E-state index is 0. The van der Waals surface area contributed by atoms with Crippen molar-refractivity contribution in [1.29, 1.82) is 0 Å². The number of hydrogen-bond donors (Lipinski definition) is 0. The summed E-state index contributed by atoms with van der Waals surface area (Å²) in [6.07, 6.45) is 0. The Bertz CT molecular complexity index is 11.6. The van der Waals surface area contributed by atoms with E-state index in [0.717, 1.165) is 0 Å². The summed E-state index contributed by atoms with van der Waals surface area (Å²) in [6, 6.07) is 0. The summed E-state index contributed by atoms with van der Waals surface area (Å²) in [6.45, 7) is 0. The zero-order valence-corrected chi connectivity index (χ0v) is 7.66.